The number of carbonyl (C=O) groups excluding carboxylic acids is 1. The number of nitrogens with one attached hydrogen (secondary N) is 1. The molecule has 0 saturated heterocycles. The lowest BCUT2D eigenvalue weighted by Crippen LogP contribution is -2.36. The third kappa shape index (κ3) is 4.99. The summed E-state index contributed by atoms with van der Waals surface area (Å²) >= 11 is 0. The number of benzene rings is 3. The molecule has 0 heterocycles. The number of amides is 1. The minimum Gasteiger partial charge on any atom is -0.356 e. The van der Waals surface area contributed by atoms with E-state index in [-0.39, 0.29) is 12.5 Å². The van der Waals surface area contributed by atoms with Crippen LogP contribution in [0.15, 0.2) is 78.9 Å². The average molecular weight is 374 g/mol. The molecule has 3 rings (SSSR count). The molecule has 4 nitrogen and oxygen atoms in total. The van der Waals surface area contributed by atoms with Crippen LogP contribution in [0.1, 0.15) is 26.3 Å². The summed E-state index contributed by atoms with van der Waals surface area (Å²) in [7, 11) is 0. The molecule has 0 fully saturated rings. The summed E-state index contributed by atoms with van der Waals surface area (Å²) < 4.78 is 0. The van der Waals surface area contributed by atoms with Crippen LogP contribution in [0.4, 0.5) is 11.4 Å². The van der Waals surface area contributed by atoms with E-state index in [1.165, 1.54) is 11.1 Å². The van der Waals surface area contributed by atoms with E-state index in [0.29, 0.717) is 0 Å². The molecule has 0 aliphatic carbocycles. The van der Waals surface area contributed by atoms with Crippen molar-refractivity contribution >= 4 is 17.3 Å². The number of hydrogen-bond acceptors (Lipinski definition) is 3. The van der Waals surface area contributed by atoms with E-state index >= 15 is 0 Å². The summed E-state index contributed by atoms with van der Waals surface area (Å²) in [5, 5.41) is 14.1. The first kappa shape index (κ1) is 19.6. The fourth-order valence-corrected chi connectivity index (χ4v) is 2.87. The van der Waals surface area contributed by atoms with Crippen molar-refractivity contribution in [3.63, 3.8) is 0 Å². The SMILES string of the molecule is CC(C)(C)C(=O)N(O)Cc1ccc(Nc2ccc(-c3ccccc3)cc2)cc1. The third-order valence-corrected chi connectivity index (χ3v) is 4.44. The van der Waals surface area contributed by atoms with Crippen LogP contribution in [0.3, 0.4) is 0 Å². The van der Waals surface area contributed by atoms with Gasteiger partial charge in [0, 0.05) is 16.8 Å². The Balaban J connectivity index is 1.62. The second kappa shape index (κ2) is 8.28. The van der Waals surface area contributed by atoms with E-state index in [4.69, 9.17) is 0 Å². The molecular weight excluding hydrogens is 348 g/mol. The summed E-state index contributed by atoms with van der Waals surface area (Å²) in [6.07, 6.45) is 0. The van der Waals surface area contributed by atoms with Crippen molar-refractivity contribution in [1.29, 1.82) is 0 Å². The number of hydroxylamine groups is 2. The molecule has 0 spiro atoms. The van der Waals surface area contributed by atoms with Gasteiger partial charge >= 0.3 is 0 Å². The number of rotatable bonds is 5. The highest BCUT2D eigenvalue weighted by atomic mass is 16.5. The lowest BCUT2D eigenvalue weighted by atomic mass is 9.95. The van der Waals surface area contributed by atoms with Gasteiger partial charge in [-0.1, -0.05) is 75.4 Å². The molecule has 0 saturated carbocycles. The van der Waals surface area contributed by atoms with Crippen molar-refractivity contribution in [2.45, 2.75) is 27.3 Å². The van der Waals surface area contributed by atoms with Crippen molar-refractivity contribution in [2.24, 2.45) is 5.41 Å². The van der Waals surface area contributed by atoms with Gasteiger partial charge in [-0.3, -0.25) is 10.0 Å². The fraction of sp³-hybridized carbons (Fsp3) is 0.208. The number of anilines is 2. The Hall–Kier alpha value is -3.11. The van der Waals surface area contributed by atoms with Gasteiger partial charge in [-0.05, 0) is 41.0 Å². The van der Waals surface area contributed by atoms with Crippen LogP contribution in [0.2, 0.25) is 0 Å². The summed E-state index contributed by atoms with van der Waals surface area (Å²) in [4.78, 5) is 12.1. The van der Waals surface area contributed by atoms with E-state index in [9.17, 15) is 10.0 Å². The maximum atomic E-state index is 12.1. The molecule has 0 unspecified atom stereocenters. The molecule has 2 N–H and O–H groups in total. The van der Waals surface area contributed by atoms with Crippen LogP contribution >= 0.6 is 0 Å². The second-order valence-electron chi connectivity index (χ2n) is 7.88. The minimum absolute atomic E-state index is 0.169. The van der Waals surface area contributed by atoms with Crippen molar-refractivity contribution in [2.75, 3.05) is 5.32 Å². The lowest BCUT2D eigenvalue weighted by molar-refractivity contribution is -0.177. The van der Waals surface area contributed by atoms with Crippen LogP contribution < -0.4 is 5.32 Å². The molecule has 28 heavy (non-hydrogen) atoms. The highest BCUT2D eigenvalue weighted by Crippen LogP contribution is 2.24. The van der Waals surface area contributed by atoms with Crippen molar-refractivity contribution in [3.8, 4) is 11.1 Å². The number of carbonyl (C=O) groups is 1. The highest BCUT2D eigenvalue weighted by molar-refractivity contribution is 5.80. The Morgan fingerprint density at radius 1 is 0.821 bits per heavy atom. The Morgan fingerprint density at radius 2 is 1.32 bits per heavy atom. The largest absolute Gasteiger partial charge is 0.356 e. The third-order valence-electron chi connectivity index (χ3n) is 4.44. The number of nitrogens with zero attached hydrogens (tertiary/aromatic N) is 1. The number of hydrogen-bond donors (Lipinski definition) is 2. The Morgan fingerprint density at radius 3 is 1.86 bits per heavy atom. The monoisotopic (exact) mass is 374 g/mol. The summed E-state index contributed by atoms with van der Waals surface area (Å²) in [6.45, 7) is 5.53. The zero-order valence-corrected chi connectivity index (χ0v) is 16.5. The lowest BCUT2D eigenvalue weighted by Gasteiger charge is -2.24. The Labute approximate surface area is 166 Å². The molecule has 3 aromatic carbocycles. The van der Waals surface area contributed by atoms with Crippen molar-refractivity contribution < 1.29 is 10.0 Å². The Bertz CT molecular complexity index is 912. The smallest absolute Gasteiger partial charge is 0.251 e. The van der Waals surface area contributed by atoms with Gasteiger partial charge in [0.1, 0.15) is 0 Å². The van der Waals surface area contributed by atoms with Crippen LogP contribution in [-0.4, -0.2) is 16.2 Å². The summed E-state index contributed by atoms with van der Waals surface area (Å²) in [5.41, 5.74) is 4.57. The van der Waals surface area contributed by atoms with Crippen LogP contribution in [0.5, 0.6) is 0 Å². The van der Waals surface area contributed by atoms with Gasteiger partial charge in [-0.2, -0.15) is 0 Å². The molecule has 1 amide bonds. The average Bonchev–Trinajstić information content (AvgIpc) is 2.69. The molecule has 0 aliphatic heterocycles. The van der Waals surface area contributed by atoms with E-state index in [1.807, 2.05) is 54.6 Å². The zero-order chi connectivity index (χ0) is 20.1. The topological polar surface area (TPSA) is 52.6 Å². The normalized spacial score (nSPS) is 11.1. The van der Waals surface area contributed by atoms with E-state index in [0.717, 1.165) is 22.0 Å². The van der Waals surface area contributed by atoms with Crippen LogP contribution in [-0.2, 0) is 11.3 Å². The van der Waals surface area contributed by atoms with E-state index in [2.05, 4.69) is 29.6 Å². The molecule has 4 heteroatoms. The van der Waals surface area contributed by atoms with E-state index in [1.54, 1.807) is 20.8 Å². The molecular formula is C24H26N2O2. The first-order chi connectivity index (χ1) is 13.3. The summed E-state index contributed by atoms with van der Waals surface area (Å²) in [6, 6.07) is 26.2. The van der Waals surface area contributed by atoms with Gasteiger partial charge in [-0.15, -0.1) is 0 Å². The predicted octanol–water partition coefficient (Wildman–Crippen LogP) is 5.86. The predicted molar refractivity (Wildman–Crippen MR) is 113 cm³/mol. The first-order valence-corrected chi connectivity index (χ1v) is 9.35. The van der Waals surface area contributed by atoms with Crippen molar-refractivity contribution in [3.05, 3.63) is 84.4 Å². The van der Waals surface area contributed by atoms with Gasteiger partial charge < -0.3 is 5.32 Å². The minimum atomic E-state index is -0.609. The molecule has 0 radical (unpaired) electrons. The molecule has 0 atom stereocenters. The molecule has 0 aliphatic rings. The quantitative estimate of drug-likeness (QED) is 0.434. The highest BCUT2D eigenvalue weighted by Gasteiger charge is 2.26. The molecule has 3 aromatic rings. The molecule has 0 aromatic heterocycles. The van der Waals surface area contributed by atoms with Gasteiger partial charge in [0.15, 0.2) is 0 Å². The van der Waals surface area contributed by atoms with Crippen LogP contribution in [0.25, 0.3) is 11.1 Å². The molecule has 144 valence electrons. The van der Waals surface area contributed by atoms with E-state index < -0.39 is 5.41 Å². The fourth-order valence-electron chi connectivity index (χ4n) is 2.87. The maximum Gasteiger partial charge on any atom is 0.251 e. The van der Waals surface area contributed by atoms with Gasteiger partial charge in [0.25, 0.3) is 5.91 Å². The van der Waals surface area contributed by atoms with Gasteiger partial charge in [0.05, 0.1) is 6.54 Å². The first-order valence-electron chi connectivity index (χ1n) is 9.35. The van der Waals surface area contributed by atoms with Crippen molar-refractivity contribution in [1.82, 2.24) is 5.06 Å². The maximum absolute atomic E-state index is 12.1. The molecule has 0 bridgehead atoms. The standard InChI is InChI=1S/C24H26N2O2/c1-24(2,3)23(27)26(28)17-18-9-13-21(14-10-18)25-22-15-11-20(12-16-22)19-7-5-4-6-8-19/h4-16,25,28H,17H2,1-3H3. The van der Waals surface area contributed by atoms with Crippen LogP contribution in [0, 0.1) is 5.41 Å². The summed E-state index contributed by atoms with van der Waals surface area (Å²) in [5.74, 6) is -0.298. The van der Waals surface area contributed by atoms with Gasteiger partial charge in [-0.25, -0.2) is 5.06 Å². The second-order valence-corrected chi connectivity index (χ2v) is 7.88. The zero-order valence-electron chi connectivity index (χ0n) is 16.5. The van der Waals surface area contributed by atoms with Gasteiger partial charge in [0.2, 0.25) is 0 Å². The Kier molecular flexibility index (Phi) is 5.81.